The van der Waals surface area contributed by atoms with Gasteiger partial charge in [0.25, 0.3) is 0 Å². The normalized spacial score (nSPS) is 11.0. The third-order valence-electron chi connectivity index (χ3n) is 3.74. The van der Waals surface area contributed by atoms with Gasteiger partial charge in [-0.15, -0.1) is 0 Å². The van der Waals surface area contributed by atoms with Gasteiger partial charge in [0.1, 0.15) is 5.69 Å². The summed E-state index contributed by atoms with van der Waals surface area (Å²) in [7, 11) is 0. The summed E-state index contributed by atoms with van der Waals surface area (Å²) in [5.41, 5.74) is 5.19. The summed E-state index contributed by atoms with van der Waals surface area (Å²) in [5, 5.41) is 5.89. The Kier molecular flexibility index (Phi) is 2.97. The second-order valence-electron chi connectivity index (χ2n) is 5.34. The van der Waals surface area contributed by atoms with E-state index < -0.39 is 0 Å². The molecule has 2 heterocycles. The highest BCUT2D eigenvalue weighted by atomic mass is 15.3. The maximum absolute atomic E-state index is 4.83. The maximum Gasteiger partial charge on any atom is 0.163 e. The molecule has 0 unspecified atom stereocenters. The summed E-state index contributed by atoms with van der Waals surface area (Å²) in [6, 6.07) is 22.6. The fourth-order valence-corrected chi connectivity index (χ4v) is 2.70. The average Bonchev–Trinajstić information content (AvgIpc) is 2.95. The summed E-state index contributed by atoms with van der Waals surface area (Å²) in [6.07, 6.45) is 1.81. The van der Waals surface area contributed by atoms with Crippen molar-refractivity contribution >= 4 is 11.0 Å². The lowest BCUT2D eigenvalue weighted by Crippen LogP contribution is -1.97. The van der Waals surface area contributed by atoms with Crippen LogP contribution in [0.2, 0.25) is 0 Å². The Hall–Kier alpha value is -2.94. The minimum atomic E-state index is 0.881. The predicted octanol–water partition coefficient (Wildman–Crippen LogP) is 4.40. The van der Waals surface area contributed by atoms with E-state index in [1.165, 1.54) is 5.56 Å². The number of benzene rings is 2. The molecule has 4 rings (SSSR count). The zero-order valence-corrected chi connectivity index (χ0v) is 12.3. The monoisotopic (exact) mass is 285 g/mol. The molecule has 106 valence electrons. The first-order chi connectivity index (χ1) is 10.8. The van der Waals surface area contributed by atoms with Crippen molar-refractivity contribution in [2.75, 3.05) is 0 Å². The van der Waals surface area contributed by atoms with Crippen LogP contribution in [0.4, 0.5) is 0 Å². The molecule has 0 aliphatic rings. The molecule has 0 fully saturated rings. The Bertz CT molecular complexity index is 939. The lowest BCUT2D eigenvalue weighted by molar-refractivity contribution is 0.899. The van der Waals surface area contributed by atoms with Gasteiger partial charge in [0.2, 0.25) is 0 Å². The van der Waals surface area contributed by atoms with Crippen molar-refractivity contribution in [1.82, 2.24) is 14.8 Å². The number of aryl methyl sites for hydroxylation is 1. The molecule has 0 N–H and O–H groups in total. The zero-order chi connectivity index (χ0) is 14.9. The van der Waals surface area contributed by atoms with E-state index in [1.54, 1.807) is 0 Å². The van der Waals surface area contributed by atoms with Gasteiger partial charge in [0.05, 0.1) is 5.69 Å². The molecule has 0 saturated carbocycles. The Morgan fingerprint density at radius 3 is 2.55 bits per heavy atom. The molecular formula is C19H15N3. The van der Waals surface area contributed by atoms with Gasteiger partial charge in [0, 0.05) is 17.1 Å². The molecular weight excluding hydrogens is 270 g/mol. The third kappa shape index (κ3) is 2.07. The van der Waals surface area contributed by atoms with E-state index >= 15 is 0 Å². The van der Waals surface area contributed by atoms with Crippen molar-refractivity contribution in [2.45, 2.75) is 6.92 Å². The molecule has 2 aromatic carbocycles. The van der Waals surface area contributed by atoms with E-state index in [4.69, 9.17) is 5.10 Å². The predicted molar refractivity (Wildman–Crippen MR) is 89.0 cm³/mol. The minimum Gasteiger partial charge on any atom is -0.237 e. The molecule has 0 aliphatic carbocycles. The lowest BCUT2D eigenvalue weighted by atomic mass is 10.1. The third-order valence-corrected chi connectivity index (χ3v) is 3.74. The highest BCUT2D eigenvalue weighted by Gasteiger charge is 2.13. The number of nitrogens with zero attached hydrogens (tertiary/aromatic N) is 3. The van der Waals surface area contributed by atoms with Gasteiger partial charge in [-0.3, -0.25) is 0 Å². The van der Waals surface area contributed by atoms with Crippen LogP contribution in [0.5, 0.6) is 0 Å². The molecule has 0 aliphatic heterocycles. The number of aromatic nitrogens is 3. The topological polar surface area (TPSA) is 30.7 Å². The number of hydrogen-bond acceptors (Lipinski definition) is 2. The van der Waals surface area contributed by atoms with Gasteiger partial charge >= 0.3 is 0 Å². The zero-order valence-electron chi connectivity index (χ0n) is 12.3. The highest BCUT2D eigenvalue weighted by molar-refractivity contribution is 5.91. The van der Waals surface area contributed by atoms with E-state index in [1.807, 2.05) is 41.2 Å². The molecule has 4 aromatic rings. The van der Waals surface area contributed by atoms with E-state index in [-0.39, 0.29) is 0 Å². The van der Waals surface area contributed by atoms with Crippen LogP contribution >= 0.6 is 0 Å². The summed E-state index contributed by atoms with van der Waals surface area (Å²) in [5.74, 6) is 0. The Morgan fingerprint density at radius 2 is 1.73 bits per heavy atom. The molecule has 0 bridgehead atoms. The first-order valence-corrected chi connectivity index (χ1v) is 7.29. The van der Waals surface area contributed by atoms with Crippen molar-refractivity contribution in [3.8, 4) is 16.9 Å². The summed E-state index contributed by atoms with van der Waals surface area (Å²) in [6.45, 7) is 2.08. The van der Waals surface area contributed by atoms with Crippen molar-refractivity contribution in [3.63, 3.8) is 0 Å². The highest BCUT2D eigenvalue weighted by Crippen LogP contribution is 2.28. The minimum absolute atomic E-state index is 0.881. The summed E-state index contributed by atoms with van der Waals surface area (Å²) < 4.78 is 1.92. The Morgan fingerprint density at radius 1 is 0.864 bits per heavy atom. The van der Waals surface area contributed by atoms with Gasteiger partial charge in [-0.1, -0.05) is 42.5 Å². The van der Waals surface area contributed by atoms with Crippen LogP contribution in [0, 0.1) is 6.92 Å². The Balaban J connectivity index is 2.01. The van der Waals surface area contributed by atoms with E-state index in [2.05, 4.69) is 48.3 Å². The van der Waals surface area contributed by atoms with Gasteiger partial charge in [-0.05, 0) is 36.8 Å². The molecule has 0 spiro atoms. The maximum atomic E-state index is 4.83. The number of rotatable bonds is 2. The van der Waals surface area contributed by atoms with Gasteiger partial charge in [-0.2, -0.15) is 5.10 Å². The SMILES string of the molecule is Cc1cccc(-n2nc(-c3ccccc3)c3cccnc32)c1. The second kappa shape index (κ2) is 5.11. The largest absolute Gasteiger partial charge is 0.237 e. The van der Waals surface area contributed by atoms with Crippen molar-refractivity contribution < 1.29 is 0 Å². The molecule has 3 nitrogen and oxygen atoms in total. The standard InChI is InChI=1S/C19H15N3/c1-14-7-5-10-16(13-14)22-19-17(11-6-12-20-19)18(21-22)15-8-3-2-4-9-15/h2-13H,1H3. The van der Waals surface area contributed by atoms with Crippen LogP contribution in [0.3, 0.4) is 0 Å². The van der Waals surface area contributed by atoms with Crippen molar-refractivity contribution in [2.24, 2.45) is 0 Å². The Labute approximate surface area is 128 Å². The van der Waals surface area contributed by atoms with E-state index in [9.17, 15) is 0 Å². The van der Waals surface area contributed by atoms with Crippen LogP contribution in [-0.2, 0) is 0 Å². The lowest BCUT2D eigenvalue weighted by Gasteiger charge is -2.03. The molecule has 0 amide bonds. The smallest absolute Gasteiger partial charge is 0.163 e. The molecule has 22 heavy (non-hydrogen) atoms. The van der Waals surface area contributed by atoms with Crippen LogP contribution in [0.15, 0.2) is 72.9 Å². The fraction of sp³-hybridized carbons (Fsp3) is 0.0526. The quantitative estimate of drug-likeness (QED) is 0.546. The number of pyridine rings is 1. The molecule has 2 aromatic heterocycles. The van der Waals surface area contributed by atoms with Crippen molar-refractivity contribution in [3.05, 3.63) is 78.5 Å². The van der Waals surface area contributed by atoms with E-state index in [0.29, 0.717) is 0 Å². The second-order valence-corrected chi connectivity index (χ2v) is 5.34. The van der Waals surface area contributed by atoms with Crippen molar-refractivity contribution in [1.29, 1.82) is 0 Å². The average molecular weight is 285 g/mol. The first-order valence-electron chi connectivity index (χ1n) is 7.29. The van der Waals surface area contributed by atoms with Gasteiger partial charge in [0.15, 0.2) is 5.65 Å². The molecule has 0 radical (unpaired) electrons. The van der Waals surface area contributed by atoms with Crippen LogP contribution in [0.25, 0.3) is 28.0 Å². The van der Waals surface area contributed by atoms with E-state index in [0.717, 1.165) is 28.0 Å². The molecule has 0 saturated heterocycles. The fourth-order valence-electron chi connectivity index (χ4n) is 2.70. The van der Waals surface area contributed by atoms with Crippen LogP contribution in [0.1, 0.15) is 5.56 Å². The van der Waals surface area contributed by atoms with Crippen LogP contribution < -0.4 is 0 Å². The molecule has 0 atom stereocenters. The van der Waals surface area contributed by atoms with Gasteiger partial charge in [-0.25, -0.2) is 9.67 Å². The van der Waals surface area contributed by atoms with Crippen LogP contribution in [-0.4, -0.2) is 14.8 Å². The number of hydrogen-bond donors (Lipinski definition) is 0. The number of fused-ring (bicyclic) bond motifs is 1. The summed E-state index contributed by atoms with van der Waals surface area (Å²) >= 11 is 0. The van der Waals surface area contributed by atoms with Gasteiger partial charge < -0.3 is 0 Å². The molecule has 3 heteroatoms. The summed E-state index contributed by atoms with van der Waals surface area (Å²) in [4.78, 5) is 4.53. The first kappa shape index (κ1) is 12.8.